The number of benzene rings is 2. The van der Waals surface area contributed by atoms with Crippen LogP contribution in [0.2, 0.25) is 0 Å². The summed E-state index contributed by atoms with van der Waals surface area (Å²) in [6, 6.07) is 7.96. The van der Waals surface area contributed by atoms with E-state index < -0.39 is 12.0 Å². The Hall–Kier alpha value is -4.60. The predicted molar refractivity (Wildman–Crippen MR) is 135 cm³/mol. The minimum atomic E-state index is -0.631. The van der Waals surface area contributed by atoms with Gasteiger partial charge in [-0.15, -0.1) is 0 Å². The van der Waals surface area contributed by atoms with Crippen LogP contribution in [-0.2, 0) is 0 Å². The van der Waals surface area contributed by atoms with Crippen LogP contribution in [-0.4, -0.2) is 44.3 Å². The third-order valence-electron chi connectivity index (χ3n) is 5.85. The molecule has 2 N–H and O–H groups in total. The van der Waals surface area contributed by atoms with Crippen LogP contribution in [0.3, 0.4) is 0 Å². The summed E-state index contributed by atoms with van der Waals surface area (Å²) in [6.07, 6.45) is 3.70. The number of hydrogen-bond acceptors (Lipinski definition) is 7. The van der Waals surface area contributed by atoms with Crippen LogP contribution in [0.5, 0.6) is 17.2 Å². The maximum atomic E-state index is 14.2. The van der Waals surface area contributed by atoms with Crippen molar-refractivity contribution in [2.75, 3.05) is 27.3 Å². The average molecular weight is 508 g/mol. The Morgan fingerprint density at radius 2 is 1.81 bits per heavy atom. The van der Waals surface area contributed by atoms with Crippen molar-refractivity contribution in [1.82, 2.24) is 15.6 Å². The lowest BCUT2D eigenvalue weighted by Gasteiger charge is -2.15. The van der Waals surface area contributed by atoms with E-state index in [0.717, 1.165) is 22.3 Å². The van der Waals surface area contributed by atoms with E-state index in [0.29, 0.717) is 29.2 Å². The van der Waals surface area contributed by atoms with Gasteiger partial charge in [0, 0.05) is 13.1 Å². The van der Waals surface area contributed by atoms with Crippen molar-refractivity contribution in [2.45, 2.75) is 13.8 Å². The Labute approximate surface area is 212 Å². The van der Waals surface area contributed by atoms with Crippen molar-refractivity contribution in [2.24, 2.45) is 0 Å². The summed E-state index contributed by atoms with van der Waals surface area (Å²) in [5.41, 5.74) is 4.82. The number of nitrogens with one attached hydrogen (secondary N) is 2. The zero-order valence-corrected chi connectivity index (χ0v) is 20.8. The normalized spacial score (nSPS) is 13.4. The van der Waals surface area contributed by atoms with Crippen LogP contribution in [0.1, 0.15) is 41.0 Å². The van der Waals surface area contributed by atoms with Gasteiger partial charge in [0.25, 0.3) is 5.91 Å². The van der Waals surface area contributed by atoms with E-state index >= 15 is 0 Å². The Bertz CT molecular complexity index is 1370. The van der Waals surface area contributed by atoms with Crippen LogP contribution in [0.4, 0.5) is 9.18 Å². The first-order chi connectivity index (χ1) is 17.9. The first-order valence-corrected chi connectivity index (χ1v) is 11.5. The number of ether oxygens (including phenoxy) is 3. The predicted octanol–water partition coefficient (Wildman–Crippen LogP) is 4.70. The third kappa shape index (κ3) is 5.32. The highest BCUT2D eigenvalue weighted by molar-refractivity contribution is 6.06. The quantitative estimate of drug-likeness (QED) is 0.455. The van der Waals surface area contributed by atoms with E-state index in [1.165, 1.54) is 39.0 Å². The number of methoxy groups -OCH3 is 2. The Morgan fingerprint density at radius 3 is 2.43 bits per heavy atom. The van der Waals surface area contributed by atoms with Crippen LogP contribution in [0.25, 0.3) is 17.2 Å². The van der Waals surface area contributed by atoms with Crippen molar-refractivity contribution in [3.8, 4) is 17.2 Å². The van der Waals surface area contributed by atoms with Crippen molar-refractivity contribution in [3.05, 3.63) is 76.8 Å². The van der Waals surface area contributed by atoms with Gasteiger partial charge in [0.1, 0.15) is 12.1 Å². The molecule has 37 heavy (non-hydrogen) atoms. The summed E-state index contributed by atoms with van der Waals surface area (Å²) in [5, 5.41) is 5.38. The van der Waals surface area contributed by atoms with E-state index in [1.54, 1.807) is 25.1 Å². The van der Waals surface area contributed by atoms with Crippen molar-refractivity contribution < 1.29 is 32.6 Å². The molecule has 0 atom stereocenters. The second-order valence-electron chi connectivity index (χ2n) is 8.08. The van der Waals surface area contributed by atoms with Crippen LogP contribution >= 0.6 is 0 Å². The molecule has 0 bridgehead atoms. The smallest absolute Gasteiger partial charge is 0.412 e. The Balaban J connectivity index is 1.72. The zero-order valence-electron chi connectivity index (χ0n) is 20.8. The number of fused-ring (bicyclic) bond motifs is 1. The molecule has 0 radical (unpaired) electrons. The minimum Gasteiger partial charge on any atom is -0.493 e. The summed E-state index contributed by atoms with van der Waals surface area (Å²) in [6.45, 7) is 4.25. The molecule has 0 saturated carbocycles. The minimum absolute atomic E-state index is 0.149. The van der Waals surface area contributed by atoms with Crippen LogP contribution < -0.4 is 24.8 Å². The molecular formula is C27H26FN3O6. The maximum absolute atomic E-state index is 14.2. The summed E-state index contributed by atoms with van der Waals surface area (Å²) >= 11 is 0. The molecule has 192 valence electrons. The molecule has 1 aromatic heterocycles. The summed E-state index contributed by atoms with van der Waals surface area (Å²) in [4.78, 5) is 28.3. The average Bonchev–Trinajstić information content (AvgIpc) is 3.51. The molecule has 9 nitrogen and oxygen atoms in total. The maximum Gasteiger partial charge on any atom is 0.412 e. The van der Waals surface area contributed by atoms with E-state index in [-0.39, 0.29) is 23.8 Å². The number of rotatable bonds is 8. The number of halogens is 1. The molecule has 1 aliphatic rings. The molecule has 0 fully saturated rings. The number of amides is 2. The van der Waals surface area contributed by atoms with Crippen LogP contribution in [0, 0.1) is 5.82 Å². The highest BCUT2D eigenvalue weighted by atomic mass is 19.1. The van der Waals surface area contributed by atoms with Gasteiger partial charge in [0.15, 0.2) is 23.6 Å². The third-order valence-corrected chi connectivity index (χ3v) is 5.85. The van der Waals surface area contributed by atoms with Gasteiger partial charge in [-0.3, -0.25) is 4.79 Å². The standard InChI is InChI=1S/C27H26FN3O6/c1-5-29-27(33)37-25-23(34-3)9-16(10-24(25)35-4)8-19-15(2)21(20-11-17(28)6-7-18(19)20)12-30-26(32)22-13-36-14-31-22/h6-11,13-14H,5,12H2,1-4H3,(H,29,33)(H,30,32). The van der Waals surface area contributed by atoms with E-state index in [9.17, 15) is 14.0 Å². The van der Waals surface area contributed by atoms with Crippen molar-refractivity contribution in [1.29, 1.82) is 0 Å². The lowest BCUT2D eigenvalue weighted by molar-refractivity contribution is 0.0953. The fourth-order valence-electron chi connectivity index (χ4n) is 4.09. The molecule has 2 aromatic carbocycles. The van der Waals surface area contributed by atoms with Gasteiger partial charge in [0.05, 0.1) is 14.2 Å². The largest absolute Gasteiger partial charge is 0.493 e. The van der Waals surface area contributed by atoms with Gasteiger partial charge in [0.2, 0.25) is 5.75 Å². The topological polar surface area (TPSA) is 112 Å². The monoisotopic (exact) mass is 507 g/mol. The van der Waals surface area contributed by atoms with Crippen molar-refractivity contribution in [3.63, 3.8) is 0 Å². The van der Waals surface area contributed by atoms with Gasteiger partial charge >= 0.3 is 6.09 Å². The highest BCUT2D eigenvalue weighted by Gasteiger charge is 2.25. The Morgan fingerprint density at radius 1 is 1.08 bits per heavy atom. The fraction of sp³-hybridized carbons (Fsp3) is 0.222. The number of hydrogen-bond donors (Lipinski definition) is 2. The molecule has 0 saturated heterocycles. The van der Waals surface area contributed by atoms with Gasteiger partial charge in [-0.2, -0.15) is 0 Å². The number of aromatic nitrogens is 1. The zero-order chi connectivity index (χ0) is 26.5. The first-order valence-electron chi connectivity index (χ1n) is 11.5. The molecule has 2 amide bonds. The number of carbonyl (C=O) groups excluding carboxylic acids is 2. The molecule has 0 spiro atoms. The lowest BCUT2D eigenvalue weighted by Crippen LogP contribution is -2.26. The van der Waals surface area contributed by atoms with Crippen molar-refractivity contribution >= 4 is 29.2 Å². The second kappa shape index (κ2) is 11.0. The van der Waals surface area contributed by atoms with E-state index in [1.807, 2.05) is 13.0 Å². The molecule has 4 rings (SSSR count). The summed E-state index contributed by atoms with van der Waals surface area (Å²) in [5.74, 6) is -0.0338. The Kier molecular flexibility index (Phi) is 7.57. The van der Waals surface area contributed by atoms with E-state index in [2.05, 4.69) is 15.6 Å². The van der Waals surface area contributed by atoms with Gasteiger partial charge in [-0.25, -0.2) is 14.2 Å². The molecule has 1 aliphatic carbocycles. The second-order valence-corrected chi connectivity index (χ2v) is 8.08. The summed E-state index contributed by atoms with van der Waals surface area (Å²) < 4.78 is 35.4. The lowest BCUT2D eigenvalue weighted by atomic mass is 10.00. The molecule has 0 aliphatic heterocycles. The number of carbonyl (C=O) groups is 2. The number of oxazole rings is 1. The molecular weight excluding hydrogens is 481 g/mol. The molecule has 1 heterocycles. The van der Waals surface area contributed by atoms with E-state index in [4.69, 9.17) is 18.6 Å². The van der Waals surface area contributed by atoms with Gasteiger partial charge < -0.3 is 29.3 Å². The van der Waals surface area contributed by atoms with Gasteiger partial charge in [-0.1, -0.05) is 6.07 Å². The summed E-state index contributed by atoms with van der Waals surface area (Å²) in [7, 11) is 2.93. The molecule has 10 heteroatoms. The number of nitrogens with zero attached hydrogens (tertiary/aromatic N) is 1. The molecule has 3 aromatic rings. The molecule has 0 unspecified atom stereocenters. The SMILES string of the molecule is CCNC(=O)Oc1c(OC)cc(C=C2C(C)=C(CNC(=O)c3cocn3)c3cc(F)ccc32)cc1OC. The van der Waals surface area contributed by atoms with Crippen LogP contribution in [0.15, 0.2) is 53.0 Å². The highest BCUT2D eigenvalue weighted by Crippen LogP contribution is 2.44. The fourth-order valence-corrected chi connectivity index (χ4v) is 4.09. The number of allylic oxidation sites excluding steroid dienone is 2. The first kappa shape index (κ1) is 25.5. The van der Waals surface area contributed by atoms with Gasteiger partial charge in [-0.05, 0) is 77.6 Å².